The van der Waals surface area contributed by atoms with Crippen LogP contribution >= 0.6 is 15.9 Å². The van der Waals surface area contributed by atoms with Crippen LogP contribution in [0.15, 0.2) is 22.2 Å². The van der Waals surface area contributed by atoms with E-state index in [2.05, 4.69) is 36.7 Å². The number of fused-ring (bicyclic) bond motifs is 1. The third kappa shape index (κ3) is 1.89. The van der Waals surface area contributed by atoms with E-state index in [1.165, 1.54) is 4.48 Å². The van der Waals surface area contributed by atoms with Gasteiger partial charge in [0.15, 0.2) is 0 Å². The van der Waals surface area contributed by atoms with Gasteiger partial charge in [-0.3, -0.25) is 4.79 Å². The van der Waals surface area contributed by atoms with E-state index >= 15 is 0 Å². The maximum Gasteiger partial charge on any atom is 0.250 e. The second-order valence-electron chi connectivity index (χ2n) is 5.22. The fourth-order valence-corrected chi connectivity index (χ4v) is 2.70. The first-order valence-electron chi connectivity index (χ1n) is 5.28. The Labute approximate surface area is 99.2 Å². The minimum Gasteiger partial charge on any atom is -0.333 e. The van der Waals surface area contributed by atoms with Crippen molar-refractivity contribution >= 4 is 21.8 Å². The molecule has 0 spiro atoms. The molecule has 2 nitrogen and oxygen atoms in total. The second kappa shape index (κ2) is 3.48. The molecule has 3 heteroatoms. The van der Waals surface area contributed by atoms with E-state index in [9.17, 15) is 4.79 Å². The number of halogens is 1. The minimum absolute atomic E-state index is 0.0677. The molecule has 1 aliphatic carbocycles. The Balaban J connectivity index is 2.27. The fourth-order valence-electron chi connectivity index (χ4n) is 2.18. The van der Waals surface area contributed by atoms with Crippen LogP contribution in [0.2, 0.25) is 0 Å². The zero-order chi connectivity index (χ0) is 11.2. The molecule has 0 radical (unpaired) electrons. The summed E-state index contributed by atoms with van der Waals surface area (Å²) >= 11 is 3.50. The first-order valence-corrected chi connectivity index (χ1v) is 6.07. The van der Waals surface area contributed by atoms with Gasteiger partial charge in [0.25, 0.3) is 5.91 Å². The quantitative estimate of drug-likeness (QED) is 0.662. The summed E-state index contributed by atoms with van der Waals surface area (Å²) in [4.78, 5) is 14.1. The van der Waals surface area contributed by atoms with Crippen molar-refractivity contribution in [3.63, 3.8) is 0 Å². The van der Waals surface area contributed by atoms with E-state index < -0.39 is 0 Å². The van der Waals surface area contributed by atoms with Gasteiger partial charge in [-0.25, -0.2) is 0 Å². The van der Waals surface area contributed by atoms with Crippen LogP contribution in [0.4, 0.5) is 0 Å². The number of rotatable bonds is 0. The molecule has 1 amide bonds. The number of hydrogen-bond acceptors (Lipinski definition) is 1. The van der Waals surface area contributed by atoms with Crippen molar-refractivity contribution in [3.05, 3.63) is 22.2 Å². The smallest absolute Gasteiger partial charge is 0.250 e. The zero-order valence-corrected chi connectivity index (χ0v) is 11.0. The van der Waals surface area contributed by atoms with Gasteiger partial charge in [0, 0.05) is 23.6 Å². The van der Waals surface area contributed by atoms with Crippen LogP contribution in [0.3, 0.4) is 0 Å². The van der Waals surface area contributed by atoms with Crippen LogP contribution < -0.4 is 0 Å². The monoisotopic (exact) mass is 269 g/mol. The molecule has 0 bridgehead atoms. The highest BCUT2D eigenvalue weighted by Gasteiger charge is 2.40. The maximum atomic E-state index is 12.1. The third-order valence-corrected chi connectivity index (χ3v) is 3.62. The molecular weight excluding hydrogens is 254 g/mol. The van der Waals surface area contributed by atoms with Crippen LogP contribution in [0, 0.1) is 5.92 Å². The summed E-state index contributed by atoms with van der Waals surface area (Å²) in [5, 5.41) is 0. The lowest BCUT2D eigenvalue weighted by Crippen LogP contribution is -2.42. The van der Waals surface area contributed by atoms with Gasteiger partial charge in [-0.15, -0.1) is 0 Å². The van der Waals surface area contributed by atoms with Gasteiger partial charge in [-0.1, -0.05) is 28.1 Å². The Bertz CT molecular complexity index is 362. The van der Waals surface area contributed by atoms with E-state index in [0.29, 0.717) is 5.92 Å². The molecule has 0 saturated carbocycles. The Morgan fingerprint density at radius 1 is 1.40 bits per heavy atom. The number of carbonyl (C=O) groups is 1. The lowest BCUT2D eigenvalue weighted by Gasteiger charge is -2.31. The highest BCUT2D eigenvalue weighted by atomic mass is 79.9. The van der Waals surface area contributed by atoms with Crippen LogP contribution in [0.25, 0.3) is 0 Å². The van der Waals surface area contributed by atoms with Crippen molar-refractivity contribution < 1.29 is 4.79 Å². The third-order valence-electron chi connectivity index (χ3n) is 3.03. The zero-order valence-electron chi connectivity index (χ0n) is 9.38. The highest BCUT2D eigenvalue weighted by molar-refractivity contribution is 9.11. The summed E-state index contributed by atoms with van der Waals surface area (Å²) in [5.74, 6) is 0.597. The van der Waals surface area contributed by atoms with Crippen LogP contribution in [0.5, 0.6) is 0 Å². The molecule has 0 aromatic rings. The van der Waals surface area contributed by atoms with Gasteiger partial charge in [0.05, 0.1) is 0 Å². The largest absolute Gasteiger partial charge is 0.333 e. The predicted molar refractivity (Wildman–Crippen MR) is 64.7 cm³/mol. The topological polar surface area (TPSA) is 20.3 Å². The number of hydrogen-bond donors (Lipinski definition) is 0. The molecule has 1 fully saturated rings. The Morgan fingerprint density at radius 2 is 2.07 bits per heavy atom. The summed E-state index contributed by atoms with van der Waals surface area (Å²) in [6.45, 7) is 7.12. The number of likely N-dealkylation sites (tertiary alicyclic amines) is 1. The molecule has 1 saturated heterocycles. The summed E-state index contributed by atoms with van der Waals surface area (Å²) in [6.07, 6.45) is 4.92. The Kier molecular flexibility index (Phi) is 2.53. The second-order valence-corrected chi connectivity index (χ2v) is 6.24. The molecule has 1 heterocycles. The summed E-state index contributed by atoms with van der Waals surface area (Å²) in [6, 6.07) is 0. The molecular formula is C12H16BrNO. The van der Waals surface area contributed by atoms with Crippen molar-refractivity contribution in [1.29, 1.82) is 0 Å². The van der Waals surface area contributed by atoms with E-state index in [1.54, 1.807) is 0 Å². The summed E-state index contributed by atoms with van der Waals surface area (Å²) in [7, 11) is 0. The average Bonchev–Trinajstić information content (AvgIpc) is 2.42. The van der Waals surface area contributed by atoms with E-state index in [4.69, 9.17) is 0 Å². The van der Waals surface area contributed by atoms with Gasteiger partial charge in [-0.2, -0.15) is 0 Å². The molecule has 2 rings (SSSR count). The number of allylic oxidation sites excluding steroid dienone is 3. The van der Waals surface area contributed by atoms with Crippen molar-refractivity contribution in [2.75, 3.05) is 6.54 Å². The van der Waals surface area contributed by atoms with E-state index in [1.807, 2.05) is 17.1 Å². The molecule has 0 aromatic carbocycles. The Morgan fingerprint density at radius 3 is 2.67 bits per heavy atom. The normalized spacial score (nSPS) is 26.3. The first-order chi connectivity index (χ1) is 6.89. The molecule has 0 N–H and O–H groups in total. The predicted octanol–water partition coefficient (Wildman–Crippen LogP) is 2.85. The first kappa shape index (κ1) is 10.9. The van der Waals surface area contributed by atoms with Gasteiger partial charge in [0.1, 0.15) is 0 Å². The van der Waals surface area contributed by atoms with Gasteiger partial charge in [-0.05, 0) is 31.7 Å². The summed E-state index contributed by atoms with van der Waals surface area (Å²) in [5.41, 5.74) is 0.912. The van der Waals surface area contributed by atoms with Crippen molar-refractivity contribution in [3.8, 4) is 0 Å². The average molecular weight is 270 g/mol. The molecule has 82 valence electrons. The lowest BCUT2D eigenvalue weighted by molar-refractivity contribution is -0.128. The van der Waals surface area contributed by atoms with Crippen molar-refractivity contribution in [2.45, 2.75) is 32.7 Å². The summed E-state index contributed by atoms with van der Waals surface area (Å²) < 4.78 is 1.19. The lowest BCUT2D eigenvalue weighted by atomic mass is 9.94. The standard InChI is InChI=1S/C12H16BrNO/c1-12(2,3)14-7-8-6-9(13)4-5-10(8)11(14)15/h4-5,8H,6-7H2,1-3H3. The van der Waals surface area contributed by atoms with Crippen LogP contribution in [-0.4, -0.2) is 22.9 Å². The highest BCUT2D eigenvalue weighted by Crippen LogP contribution is 2.37. The minimum atomic E-state index is -0.0677. The number of carbonyl (C=O) groups excluding carboxylic acids is 1. The molecule has 1 aliphatic heterocycles. The molecule has 15 heavy (non-hydrogen) atoms. The van der Waals surface area contributed by atoms with Crippen molar-refractivity contribution in [1.82, 2.24) is 4.90 Å². The van der Waals surface area contributed by atoms with E-state index in [-0.39, 0.29) is 11.4 Å². The molecule has 0 aromatic heterocycles. The number of nitrogens with zero attached hydrogens (tertiary/aromatic N) is 1. The maximum absolute atomic E-state index is 12.1. The number of amides is 1. The fraction of sp³-hybridized carbons (Fsp3) is 0.583. The van der Waals surface area contributed by atoms with Crippen LogP contribution in [-0.2, 0) is 4.79 Å². The van der Waals surface area contributed by atoms with Gasteiger partial charge >= 0.3 is 0 Å². The Hall–Kier alpha value is -0.570. The van der Waals surface area contributed by atoms with Crippen LogP contribution in [0.1, 0.15) is 27.2 Å². The van der Waals surface area contributed by atoms with Gasteiger partial charge < -0.3 is 4.90 Å². The molecule has 1 unspecified atom stereocenters. The molecule has 1 atom stereocenters. The van der Waals surface area contributed by atoms with Crippen molar-refractivity contribution in [2.24, 2.45) is 5.92 Å². The SMILES string of the molecule is CC(C)(C)N1CC2CC(Br)=CC=C2C1=O. The van der Waals surface area contributed by atoms with Gasteiger partial charge in [0.2, 0.25) is 0 Å². The molecule has 2 aliphatic rings. The van der Waals surface area contributed by atoms with E-state index in [0.717, 1.165) is 18.5 Å².